The number of urea groups is 1. The van der Waals surface area contributed by atoms with Gasteiger partial charge in [-0.3, -0.25) is 4.79 Å². The van der Waals surface area contributed by atoms with Crippen LogP contribution in [0.15, 0.2) is 36.5 Å². The summed E-state index contributed by atoms with van der Waals surface area (Å²) in [7, 11) is 1.52. The normalized spacial score (nSPS) is 16.7. The number of anilines is 1. The summed E-state index contributed by atoms with van der Waals surface area (Å²) in [5.41, 5.74) is 1.69. The van der Waals surface area contributed by atoms with E-state index < -0.39 is 12.0 Å². The van der Waals surface area contributed by atoms with Gasteiger partial charge >= 0.3 is 12.0 Å². The van der Waals surface area contributed by atoms with Gasteiger partial charge in [-0.05, 0) is 49.3 Å². The summed E-state index contributed by atoms with van der Waals surface area (Å²) in [6.07, 6.45) is 5.60. The molecule has 9 nitrogen and oxygen atoms in total. The van der Waals surface area contributed by atoms with Crippen molar-refractivity contribution in [3.05, 3.63) is 47.8 Å². The fraction of sp³-hybridized carbons (Fsp3) is 0.500. The molecule has 3 heterocycles. The maximum Gasteiger partial charge on any atom is 0.320 e. The molecule has 0 spiro atoms. The predicted octanol–water partition coefficient (Wildman–Crippen LogP) is 3.19. The second kappa shape index (κ2) is 10.5. The van der Waals surface area contributed by atoms with Crippen LogP contribution in [0.4, 0.5) is 10.6 Å². The first-order chi connectivity index (χ1) is 16.0. The van der Waals surface area contributed by atoms with Crippen molar-refractivity contribution in [1.29, 1.82) is 0 Å². The van der Waals surface area contributed by atoms with Gasteiger partial charge in [-0.25, -0.2) is 14.8 Å². The number of aromatic nitrogens is 2. The molecule has 2 aromatic rings. The van der Waals surface area contributed by atoms with Crippen LogP contribution in [0.1, 0.15) is 43.0 Å². The van der Waals surface area contributed by atoms with E-state index in [0.29, 0.717) is 31.1 Å². The first-order valence-corrected chi connectivity index (χ1v) is 11.5. The van der Waals surface area contributed by atoms with Gasteiger partial charge in [0.25, 0.3) is 0 Å². The number of carbonyl (C=O) groups is 2. The molecular formula is C24H31N5O4. The minimum Gasteiger partial charge on any atom is -0.481 e. The van der Waals surface area contributed by atoms with E-state index in [0.717, 1.165) is 36.8 Å². The topological polar surface area (TPSA) is 108 Å². The molecule has 0 unspecified atom stereocenters. The summed E-state index contributed by atoms with van der Waals surface area (Å²) < 4.78 is 5.08. The molecule has 2 aliphatic rings. The fourth-order valence-electron chi connectivity index (χ4n) is 4.12. The maximum atomic E-state index is 13.1. The van der Waals surface area contributed by atoms with Gasteiger partial charge in [0.15, 0.2) is 0 Å². The minimum atomic E-state index is -0.955. The minimum absolute atomic E-state index is 0.134. The van der Waals surface area contributed by atoms with E-state index >= 15 is 0 Å². The van der Waals surface area contributed by atoms with E-state index in [9.17, 15) is 14.7 Å². The third kappa shape index (κ3) is 6.12. The molecule has 1 saturated carbocycles. The monoisotopic (exact) mass is 453 g/mol. The van der Waals surface area contributed by atoms with Crippen molar-refractivity contribution >= 4 is 17.8 Å². The van der Waals surface area contributed by atoms with Crippen LogP contribution in [0, 0.1) is 5.92 Å². The zero-order chi connectivity index (χ0) is 23.2. The van der Waals surface area contributed by atoms with E-state index in [4.69, 9.17) is 4.74 Å². The lowest BCUT2D eigenvalue weighted by Crippen LogP contribution is -2.36. The lowest BCUT2D eigenvalue weighted by molar-refractivity contribution is -0.138. The highest BCUT2D eigenvalue weighted by atomic mass is 16.5. The van der Waals surface area contributed by atoms with Gasteiger partial charge < -0.3 is 25.0 Å². The average molecular weight is 454 g/mol. The molecule has 1 aliphatic carbocycles. The molecule has 2 N–H and O–H groups in total. The first-order valence-electron chi connectivity index (χ1n) is 11.5. The average Bonchev–Trinajstić information content (AvgIpc) is 3.59. The number of ether oxygens (including phenoxy) is 1. The Morgan fingerprint density at radius 2 is 2.12 bits per heavy atom. The number of nitrogens with one attached hydrogen (secondary N) is 1. The van der Waals surface area contributed by atoms with E-state index in [-0.39, 0.29) is 12.5 Å². The van der Waals surface area contributed by atoms with Gasteiger partial charge in [-0.15, -0.1) is 0 Å². The molecule has 2 aromatic heterocycles. The number of hydrogen-bond acceptors (Lipinski definition) is 6. The molecule has 176 valence electrons. The Morgan fingerprint density at radius 3 is 2.82 bits per heavy atom. The number of pyridine rings is 2. The highest BCUT2D eigenvalue weighted by Gasteiger charge is 2.35. The Bertz CT molecular complexity index is 964. The van der Waals surface area contributed by atoms with Crippen LogP contribution < -0.4 is 10.1 Å². The summed E-state index contributed by atoms with van der Waals surface area (Å²) in [5.74, 6) is 1.19. The zero-order valence-corrected chi connectivity index (χ0v) is 18.9. The van der Waals surface area contributed by atoms with Crippen LogP contribution in [-0.2, 0) is 11.2 Å². The van der Waals surface area contributed by atoms with Crippen LogP contribution in [-0.4, -0.2) is 70.2 Å². The molecule has 2 amide bonds. The van der Waals surface area contributed by atoms with Crippen molar-refractivity contribution in [1.82, 2.24) is 19.8 Å². The summed E-state index contributed by atoms with van der Waals surface area (Å²) in [6.45, 7) is 2.66. The van der Waals surface area contributed by atoms with Crippen molar-refractivity contribution in [2.75, 3.05) is 38.6 Å². The first kappa shape index (κ1) is 22.8. The van der Waals surface area contributed by atoms with Gasteiger partial charge in [0.2, 0.25) is 5.88 Å². The van der Waals surface area contributed by atoms with E-state index in [1.165, 1.54) is 20.0 Å². The Morgan fingerprint density at radius 1 is 1.27 bits per heavy atom. The Balaban J connectivity index is 1.32. The van der Waals surface area contributed by atoms with E-state index in [2.05, 4.69) is 15.3 Å². The third-order valence-corrected chi connectivity index (χ3v) is 6.16. The number of nitrogens with zero attached hydrogens (tertiary/aromatic N) is 4. The molecule has 9 heteroatoms. The second-order valence-corrected chi connectivity index (χ2v) is 8.65. The fourth-order valence-corrected chi connectivity index (χ4v) is 4.12. The number of carboxylic acid groups (broad SMARTS) is 1. The largest absolute Gasteiger partial charge is 0.481 e. The summed E-state index contributed by atoms with van der Waals surface area (Å²) in [4.78, 5) is 36.8. The Kier molecular flexibility index (Phi) is 7.26. The highest BCUT2D eigenvalue weighted by molar-refractivity contribution is 5.78. The van der Waals surface area contributed by atoms with Crippen LogP contribution in [0.3, 0.4) is 0 Å². The van der Waals surface area contributed by atoms with Crippen LogP contribution in [0.2, 0.25) is 0 Å². The van der Waals surface area contributed by atoms with Crippen LogP contribution in [0.25, 0.3) is 0 Å². The molecular weight excluding hydrogens is 422 g/mol. The Hall–Kier alpha value is -3.36. The SMILES string of the molecule is COc1ccc([C@H](CC(=O)O)N2CCN(CCCc3cccc(NCC4CC4)n3)C2=O)cn1. The van der Waals surface area contributed by atoms with Gasteiger partial charge in [0, 0.05) is 44.1 Å². The number of methoxy groups -OCH3 is 1. The maximum absolute atomic E-state index is 13.1. The molecule has 0 aromatic carbocycles. The van der Waals surface area contributed by atoms with Crippen molar-refractivity contribution in [2.24, 2.45) is 5.92 Å². The van der Waals surface area contributed by atoms with Gasteiger partial charge in [-0.2, -0.15) is 0 Å². The van der Waals surface area contributed by atoms with Gasteiger partial charge in [0.05, 0.1) is 19.6 Å². The standard InChI is InChI=1S/C24H31N5O4/c1-33-22-10-9-18(16-26-22)20(14-23(30)31)29-13-12-28(24(29)32)11-3-5-19-4-2-6-21(27-19)25-15-17-7-8-17/h2,4,6,9-10,16-17,20H,3,5,7-8,11-15H2,1H3,(H,25,27)(H,30,31)/t20-/m0/s1. The van der Waals surface area contributed by atoms with E-state index in [1.54, 1.807) is 28.1 Å². The lowest BCUT2D eigenvalue weighted by Gasteiger charge is -2.27. The zero-order valence-electron chi connectivity index (χ0n) is 18.9. The Labute approximate surface area is 193 Å². The highest BCUT2D eigenvalue weighted by Crippen LogP contribution is 2.29. The third-order valence-electron chi connectivity index (χ3n) is 6.16. The number of aryl methyl sites for hydroxylation is 1. The molecule has 1 saturated heterocycles. The number of carboxylic acids is 1. The second-order valence-electron chi connectivity index (χ2n) is 8.65. The van der Waals surface area contributed by atoms with Gasteiger partial charge in [-0.1, -0.05) is 12.1 Å². The molecule has 1 atom stereocenters. The number of amides is 2. The summed E-state index contributed by atoms with van der Waals surface area (Å²) in [6, 6.07) is 8.78. The summed E-state index contributed by atoms with van der Waals surface area (Å²) in [5, 5.41) is 12.8. The van der Waals surface area contributed by atoms with Crippen molar-refractivity contribution in [3.8, 4) is 5.88 Å². The van der Waals surface area contributed by atoms with Crippen molar-refractivity contribution in [2.45, 2.75) is 38.1 Å². The quantitative estimate of drug-likeness (QED) is 0.508. The lowest BCUT2D eigenvalue weighted by atomic mass is 10.0. The molecule has 0 radical (unpaired) electrons. The van der Waals surface area contributed by atoms with Crippen LogP contribution in [0.5, 0.6) is 5.88 Å². The molecule has 33 heavy (non-hydrogen) atoms. The van der Waals surface area contributed by atoms with Crippen molar-refractivity contribution in [3.63, 3.8) is 0 Å². The van der Waals surface area contributed by atoms with Gasteiger partial charge in [0.1, 0.15) is 5.82 Å². The molecule has 4 rings (SSSR count). The van der Waals surface area contributed by atoms with Crippen LogP contribution >= 0.6 is 0 Å². The predicted molar refractivity (Wildman–Crippen MR) is 123 cm³/mol. The number of carbonyl (C=O) groups excluding carboxylic acids is 1. The molecule has 1 aliphatic heterocycles. The summed E-state index contributed by atoms with van der Waals surface area (Å²) >= 11 is 0. The smallest absolute Gasteiger partial charge is 0.320 e. The van der Waals surface area contributed by atoms with E-state index in [1.807, 2.05) is 18.2 Å². The number of rotatable bonds is 12. The molecule has 0 bridgehead atoms. The molecule has 2 fully saturated rings. The number of hydrogen-bond donors (Lipinski definition) is 2. The van der Waals surface area contributed by atoms with Crippen molar-refractivity contribution < 1.29 is 19.4 Å². The number of aliphatic carboxylic acids is 1.